The third kappa shape index (κ3) is 5.55. The van der Waals surface area contributed by atoms with Gasteiger partial charge in [-0.15, -0.1) is 0 Å². The van der Waals surface area contributed by atoms with E-state index in [1.165, 1.54) is 18.2 Å². The van der Waals surface area contributed by atoms with Gasteiger partial charge in [-0.2, -0.15) is 0 Å². The van der Waals surface area contributed by atoms with E-state index in [-0.39, 0.29) is 28.1 Å². The van der Waals surface area contributed by atoms with Crippen LogP contribution in [0.3, 0.4) is 0 Å². The van der Waals surface area contributed by atoms with Crippen molar-refractivity contribution in [3.8, 4) is 0 Å². The number of nitrogens with one attached hydrogen (secondary N) is 2. The SMILES string of the molecule is CS(=O)(=O)Nc1ccccc1C(=O)N1CCC(NS(=O)(=O)c2ccc(F)cc2)CC1. The van der Waals surface area contributed by atoms with Crippen LogP contribution in [0.25, 0.3) is 0 Å². The number of piperidine rings is 1. The second-order valence-electron chi connectivity index (χ2n) is 7.06. The van der Waals surface area contributed by atoms with Crippen LogP contribution in [0, 0.1) is 5.82 Å². The van der Waals surface area contributed by atoms with Crippen molar-refractivity contribution >= 4 is 31.6 Å². The van der Waals surface area contributed by atoms with Gasteiger partial charge in [0.2, 0.25) is 20.0 Å². The van der Waals surface area contributed by atoms with Crippen LogP contribution in [0.4, 0.5) is 10.1 Å². The summed E-state index contributed by atoms with van der Waals surface area (Å²) in [5, 5.41) is 0. The molecule has 3 rings (SSSR count). The zero-order chi connectivity index (χ0) is 21.9. The van der Waals surface area contributed by atoms with Crippen molar-refractivity contribution < 1.29 is 26.0 Å². The summed E-state index contributed by atoms with van der Waals surface area (Å²) in [7, 11) is -7.33. The van der Waals surface area contributed by atoms with Gasteiger partial charge in [-0.3, -0.25) is 9.52 Å². The molecule has 2 aromatic rings. The number of para-hydroxylation sites is 1. The Morgan fingerprint density at radius 3 is 2.20 bits per heavy atom. The molecule has 1 aliphatic heterocycles. The molecular weight excluding hydrogens is 433 g/mol. The van der Waals surface area contributed by atoms with Crippen molar-refractivity contribution in [2.45, 2.75) is 23.8 Å². The molecule has 0 saturated carbocycles. The number of halogens is 1. The molecule has 1 fully saturated rings. The summed E-state index contributed by atoms with van der Waals surface area (Å²) < 4.78 is 65.9. The van der Waals surface area contributed by atoms with Crippen molar-refractivity contribution in [2.24, 2.45) is 0 Å². The number of likely N-dealkylation sites (tertiary alicyclic amines) is 1. The van der Waals surface area contributed by atoms with Crippen molar-refractivity contribution in [2.75, 3.05) is 24.1 Å². The molecule has 30 heavy (non-hydrogen) atoms. The first-order chi connectivity index (χ1) is 14.0. The topological polar surface area (TPSA) is 113 Å². The van der Waals surface area contributed by atoms with Crippen LogP contribution >= 0.6 is 0 Å². The minimum atomic E-state index is -3.79. The molecular formula is C19H22FN3O5S2. The maximum atomic E-state index is 13.0. The number of hydrogen-bond acceptors (Lipinski definition) is 5. The standard InChI is InChI=1S/C19H22FN3O5S2/c1-29(25,26)22-18-5-3-2-4-17(18)19(24)23-12-10-15(11-13-23)21-30(27,28)16-8-6-14(20)7-9-16/h2-9,15,21-22H,10-13H2,1H3. The molecule has 0 unspecified atom stereocenters. The van der Waals surface area contributed by atoms with E-state index in [4.69, 9.17) is 0 Å². The minimum absolute atomic E-state index is 0.0248. The predicted octanol–water partition coefficient (Wildman–Crippen LogP) is 1.78. The van der Waals surface area contributed by atoms with Crippen LogP contribution in [0.1, 0.15) is 23.2 Å². The number of carbonyl (C=O) groups is 1. The Hall–Kier alpha value is -2.50. The van der Waals surface area contributed by atoms with Gasteiger partial charge < -0.3 is 4.90 Å². The van der Waals surface area contributed by atoms with Crippen molar-refractivity contribution in [3.05, 3.63) is 59.9 Å². The van der Waals surface area contributed by atoms with Gasteiger partial charge in [0.1, 0.15) is 5.82 Å². The van der Waals surface area contributed by atoms with Gasteiger partial charge in [-0.05, 0) is 49.2 Å². The predicted molar refractivity (Wildman–Crippen MR) is 111 cm³/mol. The monoisotopic (exact) mass is 455 g/mol. The Kier molecular flexibility index (Phi) is 6.44. The lowest BCUT2D eigenvalue weighted by atomic mass is 10.0. The first-order valence-electron chi connectivity index (χ1n) is 9.19. The van der Waals surface area contributed by atoms with Gasteiger partial charge in [0.05, 0.1) is 22.4 Å². The number of rotatable bonds is 6. The molecule has 0 aliphatic carbocycles. The van der Waals surface area contributed by atoms with E-state index in [9.17, 15) is 26.0 Å². The zero-order valence-electron chi connectivity index (χ0n) is 16.2. The molecule has 0 atom stereocenters. The lowest BCUT2D eigenvalue weighted by molar-refractivity contribution is 0.0712. The van der Waals surface area contributed by atoms with E-state index >= 15 is 0 Å². The molecule has 2 N–H and O–H groups in total. The highest BCUT2D eigenvalue weighted by Gasteiger charge is 2.28. The second kappa shape index (κ2) is 8.70. The molecule has 0 bridgehead atoms. The fourth-order valence-corrected chi connectivity index (χ4v) is 5.11. The number of sulfonamides is 2. The molecule has 0 radical (unpaired) electrons. The van der Waals surface area contributed by atoms with Crippen molar-refractivity contribution in [1.29, 1.82) is 0 Å². The number of hydrogen-bond donors (Lipinski definition) is 2. The summed E-state index contributed by atoms with van der Waals surface area (Å²) in [5.41, 5.74) is 0.428. The van der Waals surface area contributed by atoms with Crippen LogP contribution in [-0.2, 0) is 20.0 Å². The number of anilines is 1. The lowest BCUT2D eigenvalue weighted by Gasteiger charge is -2.32. The highest BCUT2D eigenvalue weighted by Crippen LogP contribution is 2.22. The normalized spacial score (nSPS) is 15.7. The fourth-order valence-electron chi connectivity index (χ4n) is 3.23. The molecule has 11 heteroatoms. The van der Waals surface area contributed by atoms with Crippen LogP contribution in [-0.4, -0.2) is 53.0 Å². The van der Waals surface area contributed by atoms with Gasteiger partial charge in [0, 0.05) is 19.1 Å². The number of carbonyl (C=O) groups excluding carboxylic acids is 1. The third-order valence-electron chi connectivity index (χ3n) is 4.68. The van der Waals surface area contributed by atoms with E-state index in [0.717, 1.165) is 18.4 Å². The Bertz CT molecular complexity index is 1130. The number of nitrogens with zero attached hydrogens (tertiary/aromatic N) is 1. The van der Waals surface area contributed by atoms with E-state index in [1.54, 1.807) is 23.1 Å². The fraction of sp³-hybridized carbons (Fsp3) is 0.316. The average molecular weight is 456 g/mol. The summed E-state index contributed by atoms with van der Waals surface area (Å²) in [6.45, 7) is 0.616. The molecule has 8 nitrogen and oxygen atoms in total. The van der Waals surface area contributed by atoms with Gasteiger partial charge in [0.15, 0.2) is 0 Å². The Morgan fingerprint density at radius 2 is 1.60 bits per heavy atom. The minimum Gasteiger partial charge on any atom is -0.338 e. The largest absolute Gasteiger partial charge is 0.338 e. The van der Waals surface area contributed by atoms with Crippen LogP contribution in [0.5, 0.6) is 0 Å². The number of amides is 1. The van der Waals surface area contributed by atoms with Crippen LogP contribution < -0.4 is 9.44 Å². The van der Waals surface area contributed by atoms with Gasteiger partial charge in [-0.25, -0.2) is 25.9 Å². The van der Waals surface area contributed by atoms with E-state index < -0.39 is 25.9 Å². The third-order valence-corrected chi connectivity index (χ3v) is 6.81. The van der Waals surface area contributed by atoms with Crippen molar-refractivity contribution in [1.82, 2.24) is 9.62 Å². The van der Waals surface area contributed by atoms with Gasteiger partial charge in [0.25, 0.3) is 5.91 Å². The Morgan fingerprint density at radius 1 is 1.00 bits per heavy atom. The summed E-state index contributed by atoms with van der Waals surface area (Å²) in [5.74, 6) is -0.854. The quantitative estimate of drug-likeness (QED) is 0.690. The van der Waals surface area contributed by atoms with Crippen LogP contribution in [0.2, 0.25) is 0 Å². The maximum Gasteiger partial charge on any atom is 0.255 e. The average Bonchev–Trinajstić information content (AvgIpc) is 2.67. The molecule has 1 aliphatic rings. The summed E-state index contributed by atoms with van der Waals surface area (Å²) >= 11 is 0. The van der Waals surface area contributed by atoms with E-state index in [2.05, 4.69) is 9.44 Å². The molecule has 0 spiro atoms. The van der Waals surface area contributed by atoms with E-state index in [1.807, 2.05) is 0 Å². The van der Waals surface area contributed by atoms with Crippen LogP contribution in [0.15, 0.2) is 53.4 Å². The smallest absolute Gasteiger partial charge is 0.255 e. The molecule has 1 amide bonds. The van der Waals surface area contributed by atoms with Gasteiger partial charge in [-0.1, -0.05) is 12.1 Å². The molecule has 1 saturated heterocycles. The maximum absolute atomic E-state index is 13.0. The van der Waals surface area contributed by atoms with Crippen molar-refractivity contribution in [3.63, 3.8) is 0 Å². The molecule has 0 aromatic heterocycles. The molecule has 1 heterocycles. The summed E-state index contributed by atoms with van der Waals surface area (Å²) in [6, 6.07) is 10.5. The Labute approximate surface area is 175 Å². The summed E-state index contributed by atoms with van der Waals surface area (Å²) in [4.78, 5) is 14.4. The molecule has 2 aromatic carbocycles. The zero-order valence-corrected chi connectivity index (χ0v) is 17.8. The van der Waals surface area contributed by atoms with E-state index in [0.29, 0.717) is 25.9 Å². The van der Waals surface area contributed by atoms with Gasteiger partial charge >= 0.3 is 0 Å². The molecule has 162 valence electrons. The highest BCUT2D eigenvalue weighted by molar-refractivity contribution is 7.92. The number of benzene rings is 2. The Balaban J connectivity index is 1.65. The second-order valence-corrected chi connectivity index (χ2v) is 10.5. The highest BCUT2D eigenvalue weighted by atomic mass is 32.2. The lowest BCUT2D eigenvalue weighted by Crippen LogP contribution is -2.46. The first-order valence-corrected chi connectivity index (χ1v) is 12.6. The summed E-state index contributed by atoms with van der Waals surface area (Å²) in [6.07, 6.45) is 1.80. The first kappa shape index (κ1) is 22.2.